The van der Waals surface area contributed by atoms with E-state index in [9.17, 15) is 4.79 Å². The Bertz CT molecular complexity index is 826. The van der Waals surface area contributed by atoms with Gasteiger partial charge in [-0.1, -0.05) is 0 Å². The minimum Gasteiger partial charge on any atom is -0.465 e. The van der Waals surface area contributed by atoms with E-state index < -0.39 is 5.97 Å². The third-order valence-electron chi connectivity index (χ3n) is 4.47. The lowest BCUT2D eigenvalue weighted by molar-refractivity contribution is -0.00807. The molecule has 2 aromatic heterocycles. The van der Waals surface area contributed by atoms with Crippen molar-refractivity contribution in [2.24, 2.45) is 12.0 Å². The van der Waals surface area contributed by atoms with Gasteiger partial charge in [0.15, 0.2) is 5.96 Å². The molecule has 1 aliphatic heterocycles. The topological polar surface area (TPSA) is 94.1 Å². The molecule has 2 aromatic rings. The van der Waals surface area contributed by atoms with Gasteiger partial charge in [0.1, 0.15) is 23.2 Å². The molecule has 0 aromatic carbocycles. The van der Waals surface area contributed by atoms with Crippen LogP contribution in [0.25, 0.3) is 0 Å². The first-order chi connectivity index (χ1) is 13.0. The quantitative estimate of drug-likeness (QED) is 0.488. The van der Waals surface area contributed by atoms with Crippen molar-refractivity contribution in [1.82, 2.24) is 20.0 Å². The van der Waals surface area contributed by atoms with Crippen molar-refractivity contribution in [3.05, 3.63) is 41.1 Å². The van der Waals surface area contributed by atoms with E-state index in [-0.39, 0.29) is 6.10 Å². The van der Waals surface area contributed by atoms with E-state index in [1.807, 2.05) is 19.4 Å². The summed E-state index contributed by atoms with van der Waals surface area (Å²) < 4.78 is 18.0. The fourth-order valence-electron chi connectivity index (χ4n) is 3.09. The Kier molecular flexibility index (Phi) is 5.80. The van der Waals surface area contributed by atoms with Crippen molar-refractivity contribution >= 4 is 11.9 Å². The Balaban J connectivity index is 1.63. The van der Waals surface area contributed by atoms with Crippen LogP contribution in [0.5, 0.6) is 0 Å². The van der Waals surface area contributed by atoms with E-state index in [1.165, 1.54) is 7.11 Å². The van der Waals surface area contributed by atoms with Crippen LogP contribution in [0, 0.1) is 6.92 Å². The minimum absolute atomic E-state index is 0.0530. The molecule has 9 heteroatoms. The Morgan fingerprint density at radius 1 is 1.52 bits per heavy atom. The number of esters is 1. The predicted octanol–water partition coefficient (Wildman–Crippen LogP) is 1.26. The van der Waals surface area contributed by atoms with Crippen molar-refractivity contribution in [2.75, 3.05) is 33.9 Å². The van der Waals surface area contributed by atoms with E-state index in [2.05, 4.69) is 20.3 Å². The summed E-state index contributed by atoms with van der Waals surface area (Å²) in [6.45, 7) is 4.17. The highest BCUT2D eigenvalue weighted by atomic mass is 16.5. The number of methoxy groups -OCH3 is 1. The van der Waals surface area contributed by atoms with E-state index in [4.69, 9.17) is 13.9 Å². The molecule has 146 valence electrons. The predicted molar refractivity (Wildman–Crippen MR) is 98.5 cm³/mol. The number of aryl methyl sites for hydroxylation is 2. The lowest BCUT2D eigenvalue weighted by Gasteiger charge is -2.34. The molecule has 1 N–H and O–H groups in total. The molecule has 0 aliphatic carbocycles. The zero-order valence-corrected chi connectivity index (χ0v) is 16.1. The van der Waals surface area contributed by atoms with Crippen LogP contribution in [-0.2, 0) is 23.1 Å². The molecule has 0 bridgehead atoms. The molecule has 1 fully saturated rings. The summed E-state index contributed by atoms with van der Waals surface area (Å²) in [7, 11) is 4.98. The van der Waals surface area contributed by atoms with Gasteiger partial charge in [-0.3, -0.25) is 9.67 Å². The highest BCUT2D eigenvalue weighted by Crippen LogP contribution is 2.22. The molecule has 27 heavy (non-hydrogen) atoms. The minimum atomic E-state index is -0.403. The molecule has 1 unspecified atom stereocenters. The van der Waals surface area contributed by atoms with Gasteiger partial charge in [-0.25, -0.2) is 4.79 Å². The van der Waals surface area contributed by atoms with Crippen LogP contribution in [0.3, 0.4) is 0 Å². The summed E-state index contributed by atoms with van der Waals surface area (Å²) in [5, 5.41) is 7.50. The van der Waals surface area contributed by atoms with E-state index in [1.54, 1.807) is 24.7 Å². The second-order valence-corrected chi connectivity index (χ2v) is 6.33. The fourth-order valence-corrected chi connectivity index (χ4v) is 3.09. The van der Waals surface area contributed by atoms with Gasteiger partial charge in [-0.2, -0.15) is 5.10 Å². The molecule has 1 saturated heterocycles. The molecule has 9 nitrogen and oxygen atoms in total. The number of carbonyl (C=O) groups excluding carboxylic acids is 1. The van der Waals surface area contributed by atoms with Crippen LogP contribution >= 0.6 is 0 Å². The van der Waals surface area contributed by atoms with Gasteiger partial charge >= 0.3 is 5.97 Å². The third kappa shape index (κ3) is 4.30. The first-order valence-electron chi connectivity index (χ1n) is 8.75. The first kappa shape index (κ1) is 19.0. The first-order valence-corrected chi connectivity index (χ1v) is 8.75. The van der Waals surface area contributed by atoms with Gasteiger partial charge in [0.2, 0.25) is 0 Å². The summed E-state index contributed by atoms with van der Waals surface area (Å²) in [5.74, 6) is 1.53. The summed E-state index contributed by atoms with van der Waals surface area (Å²) in [4.78, 5) is 18.2. The van der Waals surface area contributed by atoms with Crippen molar-refractivity contribution in [1.29, 1.82) is 0 Å². The molecule has 0 radical (unpaired) electrons. The smallest absolute Gasteiger partial charge is 0.341 e. The van der Waals surface area contributed by atoms with Gasteiger partial charge in [0, 0.05) is 32.4 Å². The number of hydrogen-bond donors (Lipinski definition) is 1. The molecule has 1 aliphatic rings. The maximum Gasteiger partial charge on any atom is 0.341 e. The average Bonchev–Trinajstić information content (AvgIpc) is 3.27. The van der Waals surface area contributed by atoms with Crippen molar-refractivity contribution in [2.45, 2.75) is 19.6 Å². The van der Waals surface area contributed by atoms with Gasteiger partial charge in [-0.15, -0.1) is 0 Å². The number of nitrogens with zero attached hydrogens (tertiary/aromatic N) is 4. The lowest BCUT2D eigenvalue weighted by Crippen LogP contribution is -2.47. The largest absolute Gasteiger partial charge is 0.465 e. The van der Waals surface area contributed by atoms with Gasteiger partial charge < -0.3 is 24.1 Å². The Labute approximate surface area is 157 Å². The number of aliphatic imine (C=N–C) groups is 1. The summed E-state index contributed by atoms with van der Waals surface area (Å²) in [5.41, 5.74) is 1.48. The van der Waals surface area contributed by atoms with Gasteiger partial charge in [-0.05, 0) is 13.0 Å². The third-order valence-corrected chi connectivity index (χ3v) is 4.47. The van der Waals surface area contributed by atoms with Crippen LogP contribution in [-0.4, -0.2) is 60.5 Å². The molecule has 3 heterocycles. The molecular formula is C18H25N5O4. The molecule has 0 saturated carbocycles. The number of carbonyl (C=O) groups is 1. The molecule has 1 atom stereocenters. The normalized spacial score (nSPS) is 17.9. The van der Waals surface area contributed by atoms with Crippen LogP contribution in [0.1, 0.15) is 33.5 Å². The fraction of sp³-hybridized carbons (Fsp3) is 0.500. The maximum atomic E-state index is 11.7. The second kappa shape index (κ2) is 8.26. The van der Waals surface area contributed by atoms with Gasteiger partial charge in [0.25, 0.3) is 0 Å². The monoisotopic (exact) mass is 375 g/mol. The Morgan fingerprint density at radius 3 is 3.00 bits per heavy atom. The Hall–Kier alpha value is -2.81. The van der Waals surface area contributed by atoms with E-state index >= 15 is 0 Å². The number of nitrogens with one attached hydrogen (secondary N) is 1. The number of rotatable bonds is 4. The molecular weight excluding hydrogens is 350 g/mol. The lowest BCUT2D eigenvalue weighted by atomic mass is 10.1. The summed E-state index contributed by atoms with van der Waals surface area (Å²) >= 11 is 0. The second-order valence-electron chi connectivity index (χ2n) is 6.33. The number of morpholine rings is 1. The number of ether oxygens (including phenoxy) is 2. The zero-order valence-electron chi connectivity index (χ0n) is 16.1. The van der Waals surface area contributed by atoms with Crippen molar-refractivity contribution in [3.63, 3.8) is 0 Å². The highest BCUT2D eigenvalue weighted by molar-refractivity contribution is 5.90. The summed E-state index contributed by atoms with van der Waals surface area (Å²) in [6.07, 6.45) is 3.73. The Morgan fingerprint density at radius 2 is 2.33 bits per heavy atom. The standard InChI is InChI=1S/C18H25N5O4/c1-12-15(17(24)25-4)7-14(27-12)9-20-18(19-2)23-5-6-26-16(11-23)13-8-21-22(3)10-13/h7-8,10,16H,5-6,9,11H2,1-4H3,(H,19,20). The summed E-state index contributed by atoms with van der Waals surface area (Å²) in [6, 6.07) is 1.69. The number of furan rings is 1. The molecule has 3 rings (SSSR count). The van der Waals surface area contributed by atoms with Crippen LogP contribution < -0.4 is 5.32 Å². The average molecular weight is 375 g/mol. The van der Waals surface area contributed by atoms with E-state index in [0.717, 1.165) is 18.1 Å². The highest BCUT2D eigenvalue weighted by Gasteiger charge is 2.25. The van der Waals surface area contributed by atoms with Crippen molar-refractivity contribution < 1.29 is 18.7 Å². The molecule has 0 spiro atoms. The number of guanidine groups is 1. The van der Waals surface area contributed by atoms with Crippen molar-refractivity contribution in [3.8, 4) is 0 Å². The SMILES string of the molecule is CN=C(NCc1cc(C(=O)OC)c(C)o1)N1CCOC(c2cnn(C)c2)C1. The number of aromatic nitrogens is 2. The van der Waals surface area contributed by atoms with Crippen LogP contribution in [0.15, 0.2) is 27.9 Å². The van der Waals surface area contributed by atoms with Crippen LogP contribution in [0.4, 0.5) is 0 Å². The van der Waals surface area contributed by atoms with Crippen LogP contribution in [0.2, 0.25) is 0 Å². The molecule has 0 amide bonds. The zero-order chi connectivity index (χ0) is 19.4. The number of hydrogen-bond acceptors (Lipinski definition) is 6. The van der Waals surface area contributed by atoms with E-state index in [0.29, 0.717) is 36.8 Å². The maximum absolute atomic E-state index is 11.7. The van der Waals surface area contributed by atoms with Gasteiger partial charge in [0.05, 0.1) is 33.0 Å².